The van der Waals surface area contributed by atoms with E-state index < -0.39 is 0 Å². The van der Waals surface area contributed by atoms with Crippen LogP contribution >= 0.6 is 0 Å². The van der Waals surface area contributed by atoms with E-state index in [2.05, 4.69) is 27.1 Å². The van der Waals surface area contributed by atoms with Gasteiger partial charge in [0.15, 0.2) is 0 Å². The Hall–Kier alpha value is -1.85. The van der Waals surface area contributed by atoms with Crippen molar-refractivity contribution in [2.75, 3.05) is 42.9 Å². The second-order valence-electron chi connectivity index (χ2n) is 4.66. The predicted octanol–water partition coefficient (Wildman–Crippen LogP) is 0.967. The van der Waals surface area contributed by atoms with Gasteiger partial charge in [0.1, 0.15) is 5.82 Å². The minimum Gasteiger partial charge on any atom is -0.370 e. The van der Waals surface area contributed by atoms with E-state index in [0.717, 1.165) is 50.9 Å². The third-order valence-corrected chi connectivity index (χ3v) is 3.21. The number of carbonyl (C=O) groups is 1. The maximum atomic E-state index is 11.3. The van der Waals surface area contributed by atoms with Crippen LogP contribution in [0.2, 0.25) is 0 Å². The number of aromatic nitrogens is 2. The molecule has 6 heteroatoms. The van der Waals surface area contributed by atoms with Crippen LogP contribution in [0.1, 0.15) is 20.3 Å². The van der Waals surface area contributed by atoms with Gasteiger partial charge >= 0.3 is 0 Å². The predicted molar refractivity (Wildman–Crippen MR) is 75.3 cm³/mol. The highest BCUT2D eigenvalue weighted by Crippen LogP contribution is 2.13. The Morgan fingerprint density at radius 3 is 2.74 bits per heavy atom. The number of piperazine rings is 1. The van der Waals surface area contributed by atoms with Gasteiger partial charge in [-0.05, 0) is 12.5 Å². The standard InChI is InChI=1S/C13H21N5O/c1-3-5-14-12-4-6-15-13(16-12)18-9-7-17(8-10-18)11(2)19/h4,6H,3,5,7-10H2,1-2H3,(H,14,15,16). The Kier molecular flexibility index (Phi) is 4.54. The van der Waals surface area contributed by atoms with Crippen LogP contribution in [0.3, 0.4) is 0 Å². The fourth-order valence-electron chi connectivity index (χ4n) is 2.07. The number of hydrogen-bond acceptors (Lipinski definition) is 5. The van der Waals surface area contributed by atoms with E-state index >= 15 is 0 Å². The number of anilines is 2. The fourth-order valence-corrected chi connectivity index (χ4v) is 2.07. The minimum atomic E-state index is 0.138. The molecular formula is C13H21N5O. The quantitative estimate of drug-likeness (QED) is 0.877. The molecule has 0 atom stereocenters. The van der Waals surface area contributed by atoms with Crippen molar-refractivity contribution in [1.82, 2.24) is 14.9 Å². The Morgan fingerprint density at radius 1 is 1.37 bits per heavy atom. The van der Waals surface area contributed by atoms with Gasteiger partial charge in [-0.15, -0.1) is 0 Å². The Balaban J connectivity index is 1.97. The molecule has 0 bridgehead atoms. The number of hydrogen-bond donors (Lipinski definition) is 1. The molecule has 0 aliphatic carbocycles. The molecule has 19 heavy (non-hydrogen) atoms. The van der Waals surface area contributed by atoms with Crippen LogP contribution in [0.25, 0.3) is 0 Å². The van der Waals surface area contributed by atoms with Gasteiger partial charge < -0.3 is 15.1 Å². The molecule has 1 aliphatic heterocycles. The zero-order valence-corrected chi connectivity index (χ0v) is 11.6. The van der Waals surface area contributed by atoms with E-state index in [1.165, 1.54) is 0 Å². The van der Waals surface area contributed by atoms with Crippen LogP contribution in [0.5, 0.6) is 0 Å². The van der Waals surface area contributed by atoms with Gasteiger partial charge in [0.2, 0.25) is 11.9 Å². The van der Waals surface area contributed by atoms with Gasteiger partial charge in [-0.1, -0.05) is 6.92 Å². The highest BCUT2D eigenvalue weighted by atomic mass is 16.2. The zero-order valence-electron chi connectivity index (χ0n) is 11.6. The molecule has 1 N–H and O–H groups in total. The van der Waals surface area contributed by atoms with E-state index in [4.69, 9.17) is 0 Å². The number of nitrogens with one attached hydrogen (secondary N) is 1. The van der Waals surface area contributed by atoms with Crippen LogP contribution in [0.15, 0.2) is 12.3 Å². The Morgan fingerprint density at radius 2 is 2.11 bits per heavy atom. The summed E-state index contributed by atoms with van der Waals surface area (Å²) in [5, 5.41) is 3.26. The number of rotatable bonds is 4. The molecule has 1 fully saturated rings. The summed E-state index contributed by atoms with van der Waals surface area (Å²) in [4.78, 5) is 24.1. The summed E-state index contributed by atoms with van der Waals surface area (Å²) in [5.41, 5.74) is 0. The lowest BCUT2D eigenvalue weighted by Crippen LogP contribution is -2.48. The molecule has 0 spiro atoms. The summed E-state index contributed by atoms with van der Waals surface area (Å²) in [5.74, 6) is 1.74. The summed E-state index contributed by atoms with van der Waals surface area (Å²) in [7, 11) is 0. The van der Waals surface area contributed by atoms with Gasteiger partial charge in [-0.2, -0.15) is 4.98 Å². The fraction of sp³-hybridized carbons (Fsp3) is 0.615. The minimum absolute atomic E-state index is 0.138. The average Bonchev–Trinajstić information content (AvgIpc) is 2.45. The molecule has 6 nitrogen and oxygen atoms in total. The van der Waals surface area contributed by atoms with Crippen LogP contribution < -0.4 is 10.2 Å². The van der Waals surface area contributed by atoms with Crippen LogP contribution in [-0.2, 0) is 4.79 Å². The summed E-state index contributed by atoms with van der Waals surface area (Å²) >= 11 is 0. The first-order chi connectivity index (χ1) is 9.20. The van der Waals surface area contributed by atoms with Gasteiger partial charge in [-0.25, -0.2) is 4.98 Å². The lowest BCUT2D eigenvalue weighted by atomic mass is 10.3. The third-order valence-electron chi connectivity index (χ3n) is 3.21. The van der Waals surface area contributed by atoms with Crippen molar-refractivity contribution < 1.29 is 4.79 Å². The molecule has 1 aromatic heterocycles. The molecule has 2 heterocycles. The maximum Gasteiger partial charge on any atom is 0.227 e. The smallest absolute Gasteiger partial charge is 0.227 e. The van der Waals surface area contributed by atoms with Crippen LogP contribution in [0, 0.1) is 0 Å². The largest absolute Gasteiger partial charge is 0.370 e. The van der Waals surface area contributed by atoms with Gasteiger partial charge in [-0.3, -0.25) is 4.79 Å². The number of amides is 1. The molecule has 0 aromatic carbocycles. The molecule has 1 aliphatic rings. The monoisotopic (exact) mass is 263 g/mol. The highest BCUT2D eigenvalue weighted by molar-refractivity contribution is 5.73. The van der Waals surface area contributed by atoms with E-state index in [1.54, 1.807) is 13.1 Å². The molecule has 0 saturated carbocycles. The molecule has 1 amide bonds. The Bertz CT molecular complexity index is 429. The second-order valence-corrected chi connectivity index (χ2v) is 4.66. The number of carbonyl (C=O) groups excluding carboxylic acids is 1. The SMILES string of the molecule is CCCNc1ccnc(N2CCN(C(C)=O)CC2)n1. The lowest BCUT2D eigenvalue weighted by Gasteiger charge is -2.34. The molecule has 2 rings (SSSR count). The van der Waals surface area contributed by atoms with Crippen molar-refractivity contribution in [2.24, 2.45) is 0 Å². The van der Waals surface area contributed by atoms with Crippen molar-refractivity contribution in [3.63, 3.8) is 0 Å². The molecule has 1 aromatic rings. The van der Waals surface area contributed by atoms with Crippen molar-refractivity contribution in [3.8, 4) is 0 Å². The van der Waals surface area contributed by atoms with Crippen LogP contribution in [-0.4, -0.2) is 53.5 Å². The normalized spacial score (nSPS) is 15.5. The zero-order chi connectivity index (χ0) is 13.7. The van der Waals surface area contributed by atoms with Gasteiger partial charge in [0, 0.05) is 45.8 Å². The first-order valence-electron chi connectivity index (χ1n) is 6.78. The van der Waals surface area contributed by atoms with E-state index in [1.807, 2.05) is 11.0 Å². The van der Waals surface area contributed by atoms with Crippen molar-refractivity contribution in [1.29, 1.82) is 0 Å². The first kappa shape index (κ1) is 13.6. The highest BCUT2D eigenvalue weighted by Gasteiger charge is 2.20. The molecule has 1 saturated heterocycles. The molecule has 0 radical (unpaired) electrons. The molecule has 104 valence electrons. The van der Waals surface area contributed by atoms with E-state index in [9.17, 15) is 4.79 Å². The van der Waals surface area contributed by atoms with Gasteiger partial charge in [0.05, 0.1) is 0 Å². The topological polar surface area (TPSA) is 61.4 Å². The average molecular weight is 263 g/mol. The molecule has 0 unspecified atom stereocenters. The van der Waals surface area contributed by atoms with Crippen LogP contribution in [0.4, 0.5) is 11.8 Å². The van der Waals surface area contributed by atoms with Crippen molar-refractivity contribution in [3.05, 3.63) is 12.3 Å². The summed E-state index contributed by atoms with van der Waals surface area (Å²) in [6.45, 7) is 7.70. The summed E-state index contributed by atoms with van der Waals surface area (Å²) < 4.78 is 0. The van der Waals surface area contributed by atoms with E-state index in [0.29, 0.717) is 0 Å². The Labute approximate surface area is 113 Å². The van der Waals surface area contributed by atoms with Crippen molar-refractivity contribution >= 4 is 17.7 Å². The van der Waals surface area contributed by atoms with E-state index in [-0.39, 0.29) is 5.91 Å². The second kappa shape index (κ2) is 6.36. The third kappa shape index (κ3) is 3.56. The lowest BCUT2D eigenvalue weighted by molar-refractivity contribution is -0.129. The van der Waals surface area contributed by atoms with Gasteiger partial charge in [0.25, 0.3) is 0 Å². The molecular weight excluding hydrogens is 242 g/mol. The maximum absolute atomic E-state index is 11.3. The first-order valence-corrected chi connectivity index (χ1v) is 6.78. The van der Waals surface area contributed by atoms with Crippen molar-refractivity contribution in [2.45, 2.75) is 20.3 Å². The summed E-state index contributed by atoms with van der Waals surface area (Å²) in [6, 6.07) is 1.88. The summed E-state index contributed by atoms with van der Waals surface area (Å²) in [6.07, 6.45) is 2.84. The number of nitrogens with zero attached hydrogens (tertiary/aromatic N) is 4.